The number of likely N-dealkylation sites (tertiary alicyclic amines) is 1. The number of carbonyl (C=O) groups is 2. The largest absolute Gasteiger partial charge is 0.493 e. The summed E-state index contributed by atoms with van der Waals surface area (Å²) in [5, 5.41) is 9.05. The molecule has 1 aliphatic rings. The first kappa shape index (κ1) is 17.0. The standard InChI is InChI=1S/C20H21NO4/c22-19-12-17(20(23)24)14-21(19)13-16-7-4-8-18(11-16)25-10-9-15-5-2-1-3-6-15/h1-8,11,17H,9-10,12-14H2,(H,23,24). The molecule has 0 saturated carbocycles. The fourth-order valence-corrected chi connectivity index (χ4v) is 2.98. The highest BCUT2D eigenvalue weighted by Gasteiger charge is 2.34. The number of aliphatic carboxylic acids is 1. The maximum absolute atomic E-state index is 11.9. The molecule has 1 amide bonds. The van der Waals surface area contributed by atoms with E-state index in [9.17, 15) is 9.59 Å². The second-order valence-electron chi connectivity index (χ2n) is 6.25. The molecule has 25 heavy (non-hydrogen) atoms. The quantitative estimate of drug-likeness (QED) is 0.842. The summed E-state index contributed by atoms with van der Waals surface area (Å²) in [4.78, 5) is 24.6. The van der Waals surface area contributed by atoms with Crippen LogP contribution >= 0.6 is 0 Å². The lowest BCUT2D eigenvalue weighted by Gasteiger charge is -2.16. The van der Waals surface area contributed by atoms with Crippen LogP contribution in [0.2, 0.25) is 0 Å². The normalized spacial score (nSPS) is 16.9. The molecule has 0 bridgehead atoms. The van der Waals surface area contributed by atoms with Crippen molar-refractivity contribution in [1.29, 1.82) is 0 Å². The Morgan fingerprint density at radius 2 is 1.88 bits per heavy atom. The Kier molecular flexibility index (Phi) is 5.33. The lowest BCUT2D eigenvalue weighted by molar-refractivity contribution is -0.141. The predicted octanol–water partition coefficient (Wildman–Crippen LogP) is 2.74. The van der Waals surface area contributed by atoms with Crippen LogP contribution in [0.4, 0.5) is 0 Å². The van der Waals surface area contributed by atoms with Crippen molar-refractivity contribution in [2.24, 2.45) is 5.92 Å². The van der Waals surface area contributed by atoms with Crippen molar-refractivity contribution < 1.29 is 19.4 Å². The second-order valence-corrected chi connectivity index (χ2v) is 6.25. The lowest BCUT2D eigenvalue weighted by atomic mass is 10.1. The molecule has 0 aliphatic carbocycles. The number of benzene rings is 2. The van der Waals surface area contributed by atoms with Crippen LogP contribution in [0.25, 0.3) is 0 Å². The van der Waals surface area contributed by atoms with E-state index in [0.717, 1.165) is 17.7 Å². The number of carboxylic acids is 1. The van der Waals surface area contributed by atoms with Gasteiger partial charge in [0.1, 0.15) is 5.75 Å². The Bertz CT molecular complexity index is 744. The molecule has 0 radical (unpaired) electrons. The Labute approximate surface area is 146 Å². The number of nitrogens with zero attached hydrogens (tertiary/aromatic N) is 1. The molecule has 130 valence electrons. The molecule has 0 aromatic heterocycles. The Morgan fingerprint density at radius 3 is 2.60 bits per heavy atom. The summed E-state index contributed by atoms with van der Waals surface area (Å²) in [5.74, 6) is -0.857. The Morgan fingerprint density at radius 1 is 1.12 bits per heavy atom. The smallest absolute Gasteiger partial charge is 0.308 e. The van der Waals surface area contributed by atoms with Gasteiger partial charge in [-0.2, -0.15) is 0 Å². The summed E-state index contributed by atoms with van der Waals surface area (Å²) in [5.41, 5.74) is 2.16. The Balaban J connectivity index is 1.54. The molecule has 1 unspecified atom stereocenters. The minimum Gasteiger partial charge on any atom is -0.493 e. The van der Waals surface area contributed by atoms with E-state index in [1.54, 1.807) is 4.90 Å². The third-order valence-corrected chi connectivity index (χ3v) is 4.34. The predicted molar refractivity (Wildman–Crippen MR) is 93.2 cm³/mol. The van der Waals surface area contributed by atoms with E-state index in [1.807, 2.05) is 42.5 Å². The average molecular weight is 339 g/mol. The number of hydrogen-bond donors (Lipinski definition) is 1. The minimum absolute atomic E-state index is 0.0859. The van der Waals surface area contributed by atoms with Gasteiger partial charge in [-0.25, -0.2) is 0 Å². The second kappa shape index (κ2) is 7.83. The van der Waals surface area contributed by atoms with Crippen LogP contribution in [0.3, 0.4) is 0 Å². The van der Waals surface area contributed by atoms with Crippen LogP contribution < -0.4 is 4.74 Å². The molecule has 1 N–H and O–H groups in total. The van der Waals surface area contributed by atoms with Gasteiger partial charge in [0.2, 0.25) is 5.91 Å². The van der Waals surface area contributed by atoms with Crippen LogP contribution in [0.1, 0.15) is 17.5 Å². The molecule has 1 fully saturated rings. The molecule has 1 heterocycles. The molecule has 0 spiro atoms. The van der Waals surface area contributed by atoms with E-state index in [4.69, 9.17) is 9.84 Å². The van der Waals surface area contributed by atoms with Crippen LogP contribution in [-0.2, 0) is 22.6 Å². The highest BCUT2D eigenvalue weighted by Crippen LogP contribution is 2.22. The molecule has 2 aromatic rings. The third kappa shape index (κ3) is 4.59. The molecular weight excluding hydrogens is 318 g/mol. The van der Waals surface area contributed by atoms with Gasteiger partial charge >= 0.3 is 5.97 Å². The number of rotatable bonds is 7. The zero-order valence-corrected chi connectivity index (χ0v) is 13.9. The topological polar surface area (TPSA) is 66.8 Å². The summed E-state index contributed by atoms with van der Waals surface area (Å²) in [6.45, 7) is 1.27. The molecule has 1 atom stereocenters. The van der Waals surface area contributed by atoms with E-state index in [2.05, 4.69) is 12.1 Å². The van der Waals surface area contributed by atoms with E-state index < -0.39 is 11.9 Å². The maximum atomic E-state index is 11.9. The van der Waals surface area contributed by atoms with Crippen molar-refractivity contribution in [3.8, 4) is 5.75 Å². The van der Waals surface area contributed by atoms with Crippen molar-refractivity contribution >= 4 is 11.9 Å². The molecule has 1 saturated heterocycles. The first-order valence-corrected chi connectivity index (χ1v) is 8.38. The highest BCUT2D eigenvalue weighted by molar-refractivity contribution is 5.86. The number of hydrogen-bond acceptors (Lipinski definition) is 3. The van der Waals surface area contributed by atoms with Gasteiger partial charge in [0.15, 0.2) is 0 Å². The molecule has 5 heteroatoms. The molecule has 2 aromatic carbocycles. The van der Waals surface area contributed by atoms with Gasteiger partial charge in [-0.05, 0) is 23.3 Å². The van der Waals surface area contributed by atoms with Crippen LogP contribution in [0, 0.1) is 5.92 Å². The molecular formula is C20H21NO4. The summed E-state index contributed by atoms with van der Waals surface area (Å²) < 4.78 is 5.80. The van der Waals surface area contributed by atoms with Gasteiger partial charge in [-0.15, -0.1) is 0 Å². The van der Waals surface area contributed by atoms with Crippen LogP contribution in [0.15, 0.2) is 54.6 Å². The van der Waals surface area contributed by atoms with Crippen molar-refractivity contribution in [3.05, 3.63) is 65.7 Å². The van der Waals surface area contributed by atoms with E-state index in [1.165, 1.54) is 5.56 Å². The SMILES string of the molecule is O=C(O)C1CC(=O)N(Cc2cccc(OCCc3ccccc3)c2)C1. The molecule has 3 rings (SSSR count). The van der Waals surface area contributed by atoms with Crippen molar-refractivity contribution in [2.45, 2.75) is 19.4 Å². The first-order valence-electron chi connectivity index (χ1n) is 8.38. The first-order chi connectivity index (χ1) is 12.1. The number of amides is 1. The number of carboxylic acid groups (broad SMARTS) is 1. The van der Waals surface area contributed by atoms with Crippen LogP contribution in [-0.4, -0.2) is 35.0 Å². The Hall–Kier alpha value is -2.82. The third-order valence-electron chi connectivity index (χ3n) is 4.34. The van der Waals surface area contributed by atoms with Crippen molar-refractivity contribution in [2.75, 3.05) is 13.2 Å². The fraction of sp³-hybridized carbons (Fsp3) is 0.300. The summed E-state index contributed by atoms with van der Waals surface area (Å²) in [7, 11) is 0. The van der Waals surface area contributed by atoms with Gasteiger partial charge in [-0.3, -0.25) is 9.59 Å². The summed E-state index contributed by atoms with van der Waals surface area (Å²) in [6, 6.07) is 17.7. The van der Waals surface area contributed by atoms with Gasteiger partial charge in [0.05, 0.1) is 12.5 Å². The zero-order chi connectivity index (χ0) is 17.6. The van der Waals surface area contributed by atoms with Gasteiger partial charge < -0.3 is 14.7 Å². The minimum atomic E-state index is -0.908. The molecule has 1 aliphatic heterocycles. The van der Waals surface area contributed by atoms with Crippen LogP contribution in [0.5, 0.6) is 5.75 Å². The van der Waals surface area contributed by atoms with Crippen molar-refractivity contribution in [3.63, 3.8) is 0 Å². The average Bonchev–Trinajstić information content (AvgIpc) is 2.97. The maximum Gasteiger partial charge on any atom is 0.308 e. The van der Waals surface area contributed by atoms with Crippen molar-refractivity contribution in [1.82, 2.24) is 4.90 Å². The monoisotopic (exact) mass is 339 g/mol. The zero-order valence-electron chi connectivity index (χ0n) is 13.9. The van der Waals surface area contributed by atoms with Gasteiger partial charge in [-0.1, -0.05) is 42.5 Å². The summed E-state index contributed by atoms with van der Waals surface area (Å²) in [6.07, 6.45) is 0.915. The van der Waals surface area contributed by atoms with Gasteiger partial charge in [0, 0.05) is 25.9 Å². The van der Waals surface area contributed by atoms with E-state index >= 15 is 0 Å². The number of ether oxygens (including phenoxy) is 1. The summed E-state index contributed by atoms with van der Waals surface area (Å²) >= 11 is 0. The van der Waals surface area contributed by atoms with E-state index in [0.29, 0.717) is 13.2 Å². The molecule has 5 nitrogen and oxygen atoms in total. The fourth-order valence-electron chi connectivity index (χ4n) is 2.98. The lowest BCUT2D eigenvalue weighted by Crippen LogP contribution is -2.25. The highest BCUT2D eigenvalue weighted by atomic mass is 16.5. The number of carbonyl (C=O) groups excluding carboxylic acids is 1. The van der Waals surface area contributed by atoms with E-state index in [-0.39, 0.29) is 18.9 Å². The van der Waals surface area contributed by atoms with Gasteiger partial charge in [0.25, 0.3) is 0 Å².